The van der Waals surface area contributed by atoms with Gasteiger partial charge in [-0.1, -0.05) is 41.5 Å². The third kappa shape index (κ3) is 1.96. The van der Waals surface area contributed by atoms with Crippen LogP contribution in [-0.4, -0.2) is 21.4 Å². The van der Waals surface area contributed by atoms with Gasteiger partial charge < -0.3 is 10.2 Å². The van der Waals surface area contributed by atoms with Crippen LogP contribution in [0.2, 0.25) is 0 Å². The van der Waals surface area contributed by atoms with Gasteiger partial charge in [-0.15, -0.1) is 0 Å². The summed E-state index contributed by atoms with van der Waals surface area (Å²) in [7, 11) is 0. The second kappa shape index (κ2) is 3.21. The Morgan fingerprint density at radius 1 is 0.500 bits per heavy atom. The second-order valence-corrected chi connectivity index (χ2v) is 6.64. The third-order valence-corrected chi connectivity index (χ3v) is 3.87. The first-order chi connectivity index (χ1) is 5.75. The van der Waals surface area contributed by atoms with Crippen LogP contribution in [0.15, 0.2) is 0 Å². The molecule has 2 N–H and O–H groups in total. The Labute approximate surface area is 88.3 Å². The largest absolute Gasteiger partial charge is 0.387 e. The van der Waals surface area contributed by atoms with E-state index < -0.39 is 11.2 Å². The molecular formula is C12H26O2. The van der Waals surface area contributed by atoms with Crippen molar-refractivity contribution in [1.82, 2.24) is 0 Å². The highest BCUT2D eigenvalue weighted by Crippen LogP contribution is 2.46. The lowest BCUT2D eigenvalue weighted by atomic mass is 9.59. The number of aliphatic hydroxyl groups is 2. The lowest BCUT2D eigenvalue weighted by molar-refractivity contribution is -0.226. The lowest BCUT2D eigenvalue weighted by Crippen LogP contribution is -2.63. The Balaban J connectivity index is 5.30. The average molecular weight is 202 g/mol. The molecule has 0 heterocycles. The molecule has 2 atom stereocenters. The van der Waals surface area contributed by atoms with E-state index in [0.717, 1.165) is 0 Å². The van der Waals surface area contributed by atoms with Crippen LogP contribution in [-0.2, 0) is 0 Å². The predicted octanol–water partition coefficient (Wildman–Crippen LogP) is 2.58. The lowest BCUT2D eigenvalue weighted by Gasteiger charge is -2.53. The number of hydrogen-bond acceptors (Lipinski definition) is 2. The molecule has 0 radical (unpaired) electrons. The van der Waals surface area contributed by atoms with Crippen molar-refractivity contribution in [2.45, 2.75) is 66.6 Å². The van der Waals surface area contributed by atoms with Crippen molar-refractivity contribution in [3.63, 3.8) is 0 Å². The minimum atomic E-state index is -1.13. The van der Waals surface area contributed by atoms with Gasteiger partial charge >= 0.3 is 0 Å². The maximum absolute atomic E-state index is 10.5. The van der Waals surface area contributed by atoms with Crippen LogP contribution in [0.25, 0.3) is 0 Å². The van der Waals surface area contributed by atoms with Crippen LogP contribution in [0.4, 0.5) is 0 Å². The first-order valence-corrected chi connectivity index (χ1v) is 5.20. The van der Waals surface area contributed by atoms with Crippen LogP contribution in [0.3, 0.4) is 0 Å². The van der Waals surface area contributed by atoms with E-state index in [2.05, 4.69) is 0 Å². The van der Waals surface area contributed by atoms with Crippen LogP contribution in [0.1, 0.15) is 55.4 Å². The zero-order valence-electron chi connectivity index (χ0n) is 10.9. The van der Waals surface area contributed by atoms with Gasteiger partial charge in [0, 0.05) is 0 Å². The summed E-state index contributed by atoms with van der Waals surface area (Å²) in [6.07, 6.45) is 0. The minimum absolute atomic E-state index is 0.357. The van der Waals surface area contributed by atoms with E-state index in [1.165, 1.54) is 0 Å². The van der Waals surface area contributed by atoms with Crippen molar-refractivity contribution in [1.29, 1.82) is 0 Å². The van der Waals surface area contributed by atoms with Crippen molar-refractivity contribution in [3.8, 4) is 0 Å². The van der Waals surface area contributed by atoms with Crippen molar-refractivity contribution in [2.75, 3.05) is 0 Å². The highest BCUT2D eigenvalue weighted by molar-refractivity contribution is 5.06. The summed E-state index contributed by atoms with van der Waals surface area (Å²) in [6, 6.07) is 0. The van der Waals surface area contributed by atoms with Crippen molar-refractivity contribution in [2.24, 2.45) is 10.8 Å². The topological polar surface area (TPSA) is 40.5 Å². The van der Waals surface area contributed by atoms with E-state index in [9.17, 15) is 10.2 Å². The Hall–Kier alpha value is -0.0800. The molecule has 0 saturated heterocycles. The predicted molar refractivity (Wildman–Crippen MR) is 60.2 cm³/mol. The molecule has 0 amide bonds. The molecule has 0 rings (SSSR count). The standard InChI is InChI=1S/C12H26O2/c1-9(2,3)11(7,13)12(8,14)10(4,5)6/h13-14H,1-8H3/t11-,12+. The zero-order valence-corrected chi connectivity index (χ0v) is 10.9. The number of hydrogen-bond donors (Lipinski definition) is 2. The van der Waals surface area contributed by atoms with E-state index in [4.69, 9.17) is 0 Å². The molecule has 0 aromatic rings. The molecule has 0 aromatic heterocycles. The fourth-order valence-corrected chi connectivity index (χ4v) is 1.46. The molecule has 0 aliphatic carbocycles. The quantitative estimate of drug-likeness (QED) is 0.686. The van der Waals surface area contributed by atoms with E-state index >= 15 is 0 Å². The van der Waals surface area contributed by atoms with Gasteiger partial charge in [-0.2, -0.15) is 0 Å². The van der Waals surface area contributed by atoms with E-state index in [0.29, 0.717) is 0 Å². The van der Waals surface area contributed by atoms with Gasteiger partial charge in [-0.3, -0.25) is 0 Å². The van der Waals surface area contributed by atoms with E-state index in [1.54, 1.807) is 13.8 Å². The van der Waals surface area contributed by atoms with Gasteiger partial charge in [0.2, 0.25) is 0 Å². The van der Waals surface area contributed by atoms with Crippen LogP contribution in [0.5, 0.6) is 0 Å². The summed E-state index contributed by atoms with van der Waals surface area (Å²) in [6.45, 7) is 15.0. The summed E-state index contributed by atoms with van der Waals surface area (Å²) >= 11 is 0. The maximum Gasteiger partial charge on any atom is 0.0955 e. The van der Waals surface area contributed by atoms with Gasteiger partial charge in [-0.05, 0) is 24.7 Å². The Kier molecular flexibility index (Phi) is 3.19. The van der Waals surface area contributed by atoms with Crippen LogP contribution < -0.4 is 0 Å². The molecule has 0 saturated carbocycles. The van der Waals surface area contributed by atoms with Gasteiger partial charge in [0.25, 0.3) is 0 Å². The molecule has 14 heavy (non-hydrogen) atoms. The SMILES string of the molecule is CC(C)(C)[C@](C)(O)[C@](C)(O)C(C)(C)C. The van der Waals surface area contributed by atoms with Gasteiger partial charge in [0.1, 0.15) is 0 Å². The van der Waals surface area contributed by atoms with Gasteiger partial charge in [0.15, 0.2) is 0 Å². The first kappa shape index (κ1) is 13.9. The summed E-state index contributed by atoms with van der Waals surface area (Å²) in [5.41, 5.74) is -2.97. The second-order valence-electron chi connectivity index (χ2n) is 6.64. The smallest absolute Gasteiger partial charge is 0.0955 e. The summed E-state index contributed by atoms with van der Waals surface area (Å²) in [5.74, 6) is 0. The number of rotatable bonds is 1. The normalized spacial score (nSPS) is 22.7. The third-order valence-electron chi connectivity index (χ3n) is 3.87. The highest BCUT2D eigenvalue weighted by atomic mass is 16.4. The van der Waals surface area contributed by atoms with Gasteiger partial charge in [-0.25, -0.2) is 0 Å². The van der Waals surface area contributed by atoms with Gasteiger partial charge in [0.05, 0.1) is 11.2 Å². The molecule has 0 bridgehead atoms. The van der Waals surface area contributed by atoms with Crippen LogP contribution in [0, 0.1) is 10.8 Å². The van der Waals surface area contributed by atoms with Crippen LogP contribution >= 0.6 is 0 Å². The highest BCUT2D eigenvalue weighted by Gasteiger charge is 2.55. The molecule has 2 heteroatoms. The summed E-state index contributed by atoms with van der Waals surface area (Å²) in [5, 5.41) is 20.9. The Morgan fingerprint density at radius 2 is 0.643 bits per heavy atom. The average Bonchev–Trinajstić information content (AvgIpc) is 1.81. The molecule has 0 aliphatic heterocycles. The monoisotopic (exact) mass is 202 g/mol. The molecule has 0 aromatic carbocycles. The van der Waals surface area contributed by atoms with Crippen molar-refractivity contribution < 1.29 is 10.2 Å². The molecule has 0 aliphatic rings. The Morgan fingerprint density at radius 3 is 0.714 bits per heavy atom. The fraction of sp³-hybridized carbons (Fsp3) is 1.00. The molecule has 86 valence electrons. The van der Waals surface area contributed by atoms with E-state index in [1.807, 2.05) is 41.5 Å². The molecule has 2 nitrogen and oxygen atoms in total. The van der Waals surface area contributed by atoms with E-state index in [-0.39, 0.29) is 10.8 Å². The zero-order chi connectivity index (χ0) is 12.0. The minimum Gasteiger partial charge on any atom is -0.387 e. The Bertz CT molecular complexity index is 177. The summed E-state index contributed by atoms with van der Waals surface area (Å²) in [4.78, 5) is 0. The first-order valence-electron chi connectivity index (χ1n) is 5.20. The summed E-state index contributed by atoms with van der Waals surface area (Å²) < 4.78 is 0. The molecule has 0 spiro atoms. The fourth-order valence-electron chi connectivity index (χ4n) is 1.46. The van der Waals surface area contributed by atoms with Crippen molar-refractivity contribution >= 4 is 0 Å². The molecule has 0 unspecified atom stereocenters. The van der Waals surface area contributed by atoms with Crippen molar-refractivity contribution in [3.05, 3.63) is 0 Å². The maximum atomic E-state index is 10.5. The molecular weight excluding hydrogens is 176 g/mol. The molecule has 0 fully saturated rings.